The first-order valence-corrected chi connectivity index (χ1v) is 6.54. The van der Waals surface area contributed by atoms with Crippen molar-refractivity contribution in [3.8, 4) is 0 Å². The Morgan fingerprint density at radius 2 is 2.25 bits per heavy atom. The lowest BCUT2D eigenvalue weighted by Gasteiger charge is -2.11. The van der Waals surface area contributed by atoms with Crippen molar-refractivity contribution in [1.82, 2.24) is 15.3 Å². The Kier molecular flexibility index (Phi) is 3.99. The summed E-state index contributed by atoms with van der Waals surface area (Å²) in [5, 5.41) is 3.24. The smallest absolute Gasteiger partial charge is 0.110 e. The molecule has 1 unspecified atom stereocenters. The molecule has 2 rings (SSSR count). The van der Waals surface area contributed by atoms with Crippen molar-refractivity contribution in [2.45, 2.75) is 50.9 Å². The van der Waals surface area contributed by atoms with E-state index < -0.39 is 0 Å². The molecule has 0 saturated heterocycles. The van der Waals surface area contributed by atoms with Crippen LogP contribution in [0.4, 0.5) is 0 Å². The number of hydrogen-bond donors (Lipinski definition) is 2. The van der Waals surface area contributed by atoms with E-state index in [4.69, 9.17) is 0 Å². The van der Waals surface area contributed by atoms with Crippen molar-refractivity contribution in [3.05, 3.63) is 17.7 Å². The molecule has 3 nitrogen and oxygen atoms in total. The quantitative estimate of drug-likeness (QED) is 0.802. The standard InChI is InChI=1S/C13H23N3/c1-3-10(8-14-2)13-15-9-12(16-13)11-6-4-5-7-11/h9-11,14H,3-8H2,1-2H3,(H,15,16). The molecule has 1 atom stereocenters. The number of imidazole rings is 1. The van der Waals surface area contributed by atoms with E-state index in [1.165, 1.54) is 37.2 Å². The molecular formula is C13H23N3. The topological polar surface area (TPSA) is 40.7 Å². The van der Waals surface area contributed by atoms with Crippen LogP contribution >= 0.6 is 0 Å². The van der Waals surface area contributed by atoms with Crippen molar-refractivity contribution in [2.24, 2.45) is 0 Å². The first-order chi connectivity index (χ1) is 7.85. The van der Waals surface area contributed by atoms with Gasteiger partial charge in [-0.05, 0) is 26.3 Å². The molecule has 0 spiro atoms. The van der Waals surface area contributed by atoms with Gasteiger partial charge in [0, 0.05) is 30.3 Å². The second-order valence-electron chi connectivity index (χ2n) is 4.87. The maximum Gasteiger partial charge on any atom is 0.110 e. The number of likely N-dealkylation sites (N-methyl/N-ethyl adjacent to an activating group) is 1. The third-order valence-corrected chi connectivity index (χ3v) is 3.74. The number of rotatable bonds is 5. The van der Waals surface area contributed by atoms with E-state index in [0.717, 1.165) is 18.9 Å². The number of nitrogens with zero attached hydrogens (tertiary/aromatic N) is 1. The fourth-order valence-corrected chi connectivity index (χ4v) is 2.68. The van der Waals surface area contributed by atoms with Crippen LogP contribution in [0.2, 0.25) is 0 Å². The van der Waals surface area contributed by atoms with Gasteiger partial charge in [-0.1, -0.05) is 19.8 Å². The molecule has 1 aliphatic rings. The van der Waals surface area contributed by atoms with Crippen LogP contribution in [-0.2, 0) is 0 Å². The predicted molar refractivity (Wildman–Crippen MR) is 66.8 cm³/mol. The van der Waals surface area contributed by atoms with E-state index in [1.54, 1.807) is 0 Å². The van der Waals surface area contributed by atoms with Gasteiger partial charge in [-0.15, -0.1) is 0 Å². The summed E-state index contributed by atoms with van der Waals surface area (Å²) in [6.07, 6.45) is 8.64. The second kappa shape index (κ2) is 5.48. The molecule has 1 heterocycles. The van der Waals surface area contributed by atoms with Crippen LogP contribution in [0, 0.1) is 0 Å². The molecule has 90 valence electrons. The summed E-state index contributed by atoms with van der Waals surface area (Å²) in [4.78, 5) is 8.09. The molecule has 0 amide bonds. The molecule has 0 radical (unpaired) electrons. The Labute approximate surface area is 98.1 Å². The minimum absolute atomic E-state index is 0.528. The van der Waals surface area contributed by atoms with Gasteiger partial charge in [-0.25, -0.2) is 4.98 Å². The van der Waals surface area contributed by atoms with Gasteiger partial charge < -0.3 is 10.3 Å². The minimum Gasteiger partial charge on any atom is -0.345 e. The summed E-state index contributed by atoms with van der Waals surface area (Å²) >= 11 is 0. The molecule has 2 N–H and O–H groups in total. The fraction of sp³-hybridized carbons (Fsp3) is 0.769. The summed E-state index contributed by atoms with van der Waals surface area (Å²) in [7, 11) is 2.00. The molecule has 1 aromatic rings. The van der Waals surface area contributed by atoms with E-state index in [9.17, 15) is 0 Å². The van der Waals surface area contributed by atoms with Crippen LogP contribution in [0.15, 0.2) is 6.20 Å². The van der Waals surface area contributed by atoms with Gasteiger partial charge in [0.15, 0.2) is 0 Å². The fourth-order valence-electron chi connectivity index (χ4n) is 2.68. The molecule has 1 saturated carbocycles. The third kappa shape index (κ3) is 2.46. The van der Waals surface area contributed by atoms with Crippen molar-refractivity contribution < 1.29 is 0 Å². The Morgan fingerprint density at radius 1 is 1.50 bits per heavy atom. The maximum absolute atomic E-state index is 4.56. The largest absolute Gasteiger partial charge is 0.345 e. The predicted octanol–water partition coefficient (Wildman–Crippen LogP) is 2.78. The first kappa shape index (κ1) is 11.6. The zero-order valence-corrected chi connectivity index (χ0v) is 10.4. The summed E-state index contributed by atoms with van der Waals surface area (Å²) in [5.74, 6) is 2.44. The van der Waals surface area contributed by atoms with E-state index in [2.05, 4.69) is 28.4 Å². The second-order valence-corrected chi connectivity index (χ2v) is 4.87. The Morgan fingerprint density at radius 3 is 2.88 bits per heavy atom. The van der Waals surface area contributed by atoms with E-state index in [0.29, 0.717) is 5.92 Å². The van der Waals surface area contributed by atoms with Gasteiger partial charge in [0.1, 0.15) is 5.82 Å². The zero-order chi connectivity index (χ0) is 11.4. The number of aromatic nitrogens is 2. The van der Waals surface area contributed by atoms with Crippen LogP contribution in [0.25, 0.3) is 0 Å². The number of H-pyrrole nitrogens is 1. The van der Waals surface area contributed by atoms with Gasteiger partial charge in [0.05, 0.1) is 0 Å². The molecule has 16 heavy (non-hydrogen) atoms. The van der Waals surface area contributed by atoms with Gasteiger partial charge in [0.25, 0.3) is 0 Å². The molecule has 3 heteroatoms. The van der Waals surface area contributed by atoms with Crippen molar-refractivity contribution in [3.63, 3.8) is 0 Å². The van der Waals surface area contributed by atoms with Crippen LogP contribution < -0.4 is 5.32 Å². The zero-order valence-electron chi connectivity index (χ0n) is 10.4. The number of nitrogens with one attached hydrogen (secondary N) is 2. The minimum atomic E-state index is 0.528. The SMILES string of the molecule is CCC(CNC)c1ncc(C2CCCC2)[nH]1. The molecule has 0 aliphatic heterocycles. The molecule has 1 aromatic heterocycles. The highest BCUT2D eigenvalue weighted by molar-refractivity contribution is 5.11. The number of aromatic amines is 1. The van der Waals surface area contributed by atoms with E-state index in [1.807, 2.05) is 7.05 Å². The Hall–Kier alpha value is -0.830. The Balaban J connectivity index is 2.05. The van der Waals surface area contributed by atoms with Crippen LogP contribution in [0.3, 0.4) is 0 Å². The highest BCUT2D eigenvalue weighted by atomic mass is 14.9. The maximum atomic E-state index is 4.56. The molecule has 1 fully saturated rings. The summed E-state index contributed by atoms with van der Waals surface area (Å²) < 4.78 is 0. The molecule has 0 aromatic carbocycles. The van der Waals surface area contributed by atoms with Crippen molar-refractivity contribution in [1.29, 1.82) is 0 Å². The van der Waals surface area contributed by atoms with Crippen molar-refractivity contribution >= 4 is 0 Å². The lowest BCUT2D eigenvalue weighted by molar-refractivity contribution is 0.582. The Bertz CT molecular complexity index is 313. The van der Waals surface area contributed by atoms with Gasteiger partial charge in [-0.2, -0.15) is 0 Å². The van der Waals surface area contributed by atoms with Gasteiger partial charge >= 0.3 is 0 Å². The molecule has 1 aliphatic carbocycles. The highest BCUT2D eigenvalue weighted by Crippen LogP contribution is 2.33. The highest BCUT2D eigenvalue weighted by Gasteiger charge is 2.20. The van der Waals surface area contributed by atoms with Crippen molar-refractivity contribution in [2.75, 3.05) is 13.6 Å². The van der Waals surface area contributed by atoms with Gasteiger partial charge in [0.2, 0.25) is 0 Å². The lowest BCUT2D eigenvalue weighted by Crippen LogP contribution is -2.17. The normalized spacial score (nSPS) is 19.1. The molecular weight excluding hydrogens is 198 g/mol. The average Bonchev–Trinajstić information content (AvgIpc) is 2.95. The van der Waals surface area contributed by atoms with Crippen LogP contribution in [-0.4, -0.2) is 23.6 Å². The monoisotopic (exact) mass is 221 g/mol. The number of hydrogen-bond acceptors (Lipinski definition) is 2. The van der Waals surface area contributed by atoms with Gasteiger partial charge in [-0.3, -0.25) is 0 Å². The third-order valence-electron chi connectivity index (χ3n) is 3.74. The summed E-state index contributed by atoms with van der Waals surface area (Å²) in [6.45, 7) is 3.23. The summed E-state index contributed by atoms with van der Waals surface area (Å²) in [5.41, 5.74) is 1.36. The lowest BCUT2D eigenvalue weighted by atomic mass is 10.0. The van der Waals surface area contributed by atoms with E-state index in [-0.39, 0.29) is 0 Å². The van der Waals surface area contributed by atoms with E-state index >= 15 is 0 Å². The molecule has 0 bridgehead atoms. The van der Waals surface area contributed by atoms with Crippen LogP contribution in [0.5, 0.6) is 0 Å². The average molecular weight is 221 g/mol. The summed E-state index contributed by atoms with van der Waals surface area (Å²) in [6, 6.07) is 0. The van der Waals surface area contributed by atoms with Crippen LogP contribution in [0.1, 0.15) is 62.4 Å². The first-order valence-electron chi connectivity index (χ1n) is 6.54.